The lowest BCUT2D eigenvalue weighted by atomic mass is 11.0. The quantitative estimate of drug-likeness (QED) is 0.367. The molecule has 0 spiro atoms. The van der Waals surface area contributed by atoms with Crippen LogP contribution < -0.4 is 0 Å². The Morgan fingerprint density at radius 2 is 1.00 bits per heavy atom. The minimum Gasteiger partial charge on any atom is -0.0777 e. The van der Waals surface area contributed by atoms with E-state index in [-0.39, 0.29) is 0 Å². The summed E-state index contributed by atoms with van der Waals surface area (Å²) in [5, 5.41) is 0. The lowest BCUT2D eigenvalue weighted by molar-refractivity contribution is 1.50. The first-order valence-corrected chi connectivity index (χ1v) is 4.00. The van der Waals surface area contributed by atoms with E-state index in [0.717, 1.165) is 0 Å². The minimum atomic E-state index is 1.31. The molecule has 0 bridgehead atoms. The van der Waals surface area contributed by atoms with Gasteiger partial charge in [-0.25, -0.2) is 0 Å². The van der Waals surface area contributed by atoms with Gasteiger partial charge >= 0.3 is 0 Å². The van der Waals surface area contributed by atoms with Crippen molar-refractivity contribution in [2.45, 2.75) is 20.4 Å². The minimum absolute atomic E-state index is 1.31. The van der Waals surface area contributed by atoms with Gasteiger partial charge in [-0.2, -0.15) is 0 Å². The van der Waals surface area contributed by atoms with E-state index in [2.05, 4.69) is 6.55 Å². The molecule has 0 N–H and O–H groups in total. The van der Waals surface area contributed by atoms with E-state index in [1.807, 2.05) is 13.8 Å². The second-order valence-electron chi connectivity index (χ2n) is 0. The topological polar surface area (TPSA) is 0 Å². The van der Waals surface area contributed by atoms with E-state index >= 15 is 0 Å². The number of rotatable bonds is 0. The monoisotopic (exact) mass is 76.1 g/mol. The fraction of sp³-hybridized carbons (Fsp3) is 1.00. The predicted molar refractivity (Wildman–Crippen MR) is 27.2 cm³/mol. The predicted octanol–water partition coefficient (Wildman–Crippen LogP) is 0.426. The SMILES string of the molecule is CC.C[SiH3]. The molecule has 1 heteroatoms. The summed E-state index contributed by atoms with van der Waals surface area (Å²) in [6.45, 7) is 6.14. The molecule has 0 fully saturated rings. The third-order valence-electron chi connectivity index (χ3n) is 0. The molecule has 0 saturated heterocycles. The Labute approximate surface area is 31.6 Å². The smallest absolute Gasteiger partial charge is 0.000585 e. The molecule has 0 aromatic heterocycles. The Balaban J connectivity index is 0. The van der Waals surface area contributed by atoms with Gasteiger partial charge in [0.2, 0.25) is 0 Å². The van der Waals surface area contributed by atoms with Crippen LogP contribution in [-0.4, -0.2) is 10.2 Å². The average molecular weight is 76.2 g/mol. The molecular formula is C3H12Si. The van der Waals surface area contributed by atoms with Crippen LogP contribution in [0.5, 0.6) is 0 Å². The highest BCUT2D eigenvalue weighted by molar-refractivity contribution is 6.05. The van der Waals surface area contributed by atoms with Crippen LogP contribution in [0.15, 0.2) is 0 Å². The number of hydrogen-bond donors (Lipinski definition) is 0. The summed E-state index contributed by atoms with van der Waals surface area (Å²) in [5.41, 5.74) is 0. The van der Waals surface area contributed by atoms with Gasteiger partial charge in [-0.1, -0.05) is 20.4 Å². The molecule has 0 heterocycles. The van der Waals surface area contributed by atoms with Crippen molar-refractivity contribution in [3.05, 3.63) is 0 Å². The second-order valence-corrected chi connectivity index (χ2v) is 0. The summed E-state index contributed by atoms with van der Waals surface area (Å²) in [5.74, 6) is 0. The molecule has 0 amide bonds. The highest BCUT2D eigenvalue weighted by atomic mass is 28.1. The third kappa shape index (κ3) is 69.8. The van der Waals surface area contributed by atoms with E-state index in [1.165, 1.54) is 10.2 Å². The van der Waals surface area contributed by atoms with Crippen LogP contribution in [0.3, 0.4) is 0 Å². The van der Waals surface area contributed by atoms with Crippen LogP contribution in [0, 0.1) is 0 Å². The van der Waals surface area contributed by atoms with E-state index in [1.54, 1.807) is 0 Å². The van der Waals surface area contributed by atoms with Crippen LogP contribution in [0.25, 0.3) is 0 Å². The van der Waals surface area contributed by atoms with Gasteiger partial charge in [-0.15, -0.1) is 0 Å². The summed E-state index contributed by atoms with van der Waals surface area (Å²) in [6, 6.07) is 0. The van der Waals surface area contributed by atoms with Crippen LogP contribution in [0.2, 0.25) is 6.55 Å². The molecule has 0 aliphatic heterocycles. The fourth-order valence-electron chi connectivity index (χ4n) is 0. The van der Waals surface area contributed by atoms with E-state index < -0.39 is 0 Å². The molecule has 0 radical (unpaired) electrons. The van der Waals surface area contributed by atoms with Crippen molar-refractivity contribution in [3.63, 3.8) is 0 Å². The Morgan fingerprint density at radius 1 is 1.00 bits per heavy atom. The summed E-state index contributed by atoms with van der Waals surface area (Å²) in [7, 11) is 1.31. The van der Waals surface area contributed by atoms with Gasteiger partial charge in [0.25, 0.3) is 0 Å². The molecule has 4 heavy (non-hydrogen) atoms. The molecule has 0 aromatic rings. The van der Waals surface area contributed by atoms with Crippen molar-refractivity contribution >= 4 is 10.2 Å². The summed E-state index contributed by atoms with van der Waals surface area (Å²) in [6.07, 6.45) is 0. The van der Waals surface area contributed by atoms with Gasteiger partial charge in [-0.3, -0.25) is 0 Å². The van der Waals surface area contributed by atoms with Gasteiger partial charge < -0.3 is 0 Å². The van der Waals surface area contributed by atoms with Gasteiger partial charge in [0.15, 0.2) is 0 Å². The first kappa shape index (κ1) is 8.88. The summed E-state index contributed by atoms with van der Waals surface area (Å²) >= 11 is 0. The Kier molecular flexibility index (Phi) is 746. The van der Waals surface area contributed by atoms with E-state index in [9.17, 15) is 0 Å². The molecule has 0 nitrogen and oxygen atoms in total. The Hall–Kier alpha value is 0.217. The van der Waals surface area contributed by atoms with Crippen molar-refractivity contribution < 1.29 is 0 Å². The highest BCUT2D eigenvalue weighted by Gasteiger charge is 0.962. The number of hydrogen-bond acceptors (Lipinski definition) is 0. The third-order valence-corrected chi connectivity index (χ3v) is 0. The van der Waals surface area contributed by atoms with Gasteiger partial charge in [0, 0.05) is 0 Å². The van der Waals surface area contributed by atoms with Gasteiger partial charge in [-0.05, 0) is 10.2 Å². The normalized spacial score (nSPS) is 3.75. The maximum absolute atomic E-state index is 2.14. The van der Waals surface area contributed by atoms with Crippen molar-refractivity contribution in [1.29, 1.82) is 0 Å². The fourth-order valence-corrected chi connectivity index (χ4v) is 0. The van der Waals surface area contributed by atoms with Gasteiger partial charge in [0.1, 0.15) is 0 Å². The average Bonchev–Trinajstić information content (AvgIpc) is 1.50. The molecule has 0 saturated carbocycles. The molecule has 0 unspecified atom stereocenters. The molecule has 0 aromatic carbocycles. The highest BCUT2D eigenvalue weighted by Crippen LogP contribution is 1.14. The maximum atomic E-state index is 2.14. The lowest BCUT2D eigenvalue weighted by Crippen LogP contribution is -1.13. The molecule has 0 atom stereocenters. The maximum Gasteiger partial charge on any atom is -0.000585 e. The zero-order valence-corrected chi connectivity index (χ0v) is 6.00. The molecule has 0 rings (SSSR count). The summed E-state index contributed by atoms with van der Waals surface area (Å²) < 4.78 is 0. The van der Waals surface area contributed by atoms with Crippen LogP contribution in [0.4, 0.5) is 0 Å². The van der Waals surface area contributed by atoms with Crippen LogP contribution in [-0.2, 0) is 0 Å². The van der Waals surface area contributed by atoms with Crippen molar-refractivity contribution in [1.82, 2.24) is 0 Å². The first-order chi connectivity index (χ1) is 2.00. The van der Waals surface area contributed by atoms with E-state index in [4.69, 9.17) is 0 Å². The second kappa shape index (κ2) is 336. The lowest BCUT2D eigenvalue weighted by Gasteiger charge is -1.07. The molecular weight excluding hydrogens is 64.1 g/mol. The largest absolute Gasteiger partial charge is 0.0777 e. The Bertz CT molecular complexity index is 3.25. The van der Waals surface area contributed by atoms with Crippen molar-refractivity contribution in [2.75, 3.05) is 0 Å². The Morgan fingerprint density at radius 3 is 1.00 bits per heavy atom. The standard InChI is InChI=1S/C2H6.CH6Si/c2*1-2/h2*1-2H3. The van der Waals surface area contributed by atoms with Crippen LogP contribution in [0.1, 0.15) is 13.8 Å². The van der Waals surface area contributed by atoms with Gasteiger partial charge in [0.05, 0.1) is 0 Å². The zero-order chi connectivity index (χ0) is 4.00. The van der Waals surface area contributed by atoms with Crippen molar-refractivity contribution in [2.24, 2.45) is 0 Å². The van der Waals surface area contributed by atoms with Crippen molar-refractivity contribution in [3.8, 4) is 0 Å². The molecule has 28 valence electrons. The summed E-state index contributed by atoms with van der Waals surface area (Å²) in [4.78, 5) is 0. The molecule has 0 aliphatic carbocycles. The van der Waals surface area contributed by atoms with Crippen LogP contribution >= 0.6 is 0 Å². The molecule has 0 aliphatic rings. The van der Waals surface area contributed by atoms with E-state index in [0.29, 0.717) is 0 Å². The zero-order valence-electron chi connectivity index (χ0n) is 4.00. The first-order valence-electron chi connectivity index (χ1n) is 2.00.